The summed E-state index contributed by atoms with van der Waals surface area (Å²) in [5, 5.41) is 8.07. The quantitative estimate of drug-likeness (QED) is 0.874. The molecule has 3 rings (SSSR count). The van der Waals surface area contributed by atoms with Crippen LogP contribution < -0.4 is 5.73 Å². The van der Waals surface area contributed by atoms with E-state index in [1.165, 1.54) is 5.56 Å². The van der Waals surface area contributed by atoms with E-state index in [2.05, 4.69) is 43.9 Å². The second-order valence-corrected chi connectivity index (χ2v) is 5.13. The first-order valence-corrected chi connectivity index (χ1v) is 6.70. The fourth-order valence-electron chi connectivity index (χ4n) is 2.59. The molecular weight excluding hydrogens is 238 g/mol. The van der Waals surface area contributed by atoms with Crippen molar-refractivity contribution in [2.45, 2.75) is 25.6 Å². The van der Waals surface area contributed by atoms with E-state index in [1.54, 1.807) is 6.33 Å². The lowest BCUT2D eigenvalue weighted by Gasteiger charge is -2.29. The lowest BCUT2D eigenvalue weighted by atomic mass is 10.1. The number of aromatic nitrogens is 3. The van der Waals surface area contributed by atoms with Crippen LogP contribution in [0.1, 0.15) is 11.4 Å². The van der Waals surface area contributed by atoms with Gasteiger partial charge in [-0.3, -0.25) is 4.90 Å². The van der Waals surface area contributed by atoms with Crippen LogP contribution in [-0.4, -0.2) is 38.8 Å². The third-order valence-electron chi connectivity index (χ3n) is 3.55. The maximum absolute atomic E-state index is 6.25. The van der Waals surface area contributed by atoms with Crippen LogP contribution in [0.5, 0.6) is 0 Å². The molecule has 0 fully saturated rings. The zero-order valence-electron chi connectivity index (χ0n) is 10.9. The zero-order valence-corrected chi connectivity index (χ0v) is 10.9. The highest BCUT2D eigenvalue weighted by Gasteiger charge is 2.19. The molecule has 0 bridgehead atoms. The molecule has 0 radical (unpaired) electrons. The first-order valence-electron chi connectivity index (χ1n) is 6.70. The van der Waals surface area contributed by atoms with Crippen LogP contribution in [0.2, 0.25) is 0 Å². The Morgan fingerprint density at radius 2 is 2.05 bits per heavy atom. The molecule has 100 valence electrons. The second kappa shape index (κ2) is 5.50. The molecule has 1 aromatic heterocycles. The number of rotatable bonds is 4. The topological polar surface area (TPSA) is 60.0 Å². The van der Waals surface area contributed by atoms with Gasteiger partial charge in [-0.1, -0.05) is 30.3 Å². The van der Waals surface area contributed by atoms with Gasteiger partial charge in [0.2, 0.25) is 0 Å². The molecule has 0 aliphatic carbocycles. The number of nitrogens with zero attached hydrogens (tertiary/aromatic N) is 4. The van der Waals surface area contributed by atoms with Gasteiger partial charge in [0.05, 0.1) is 6.54 Å². The molecule has 0 spiro atoms. The van der Waals surface area contributed by atoms with Crippen molar-refractivity contribution in [2.75, 3.05) is 13.1 Å². The van der Waals surface area contributed by atoms with Crippen molar-refractivity contribution in [3.63, 3.8) is 0 Å². The Labute approximate surface area is 113 Å². The van der Waals surface area contributed by atoms with Gasteiger partial charge in [-0.05, 0) is 12.0 Å². The standard InChI is InChI=1S/C14H19N5/c15-13(8-12-4-2-1-3-5-12)9-18-6-7-19-11-16-17-14(19)10-18/h1-5,11,13H,6-10,15H2. The summed E-state index contributed by atoms with van der Waals surface area (Å²) in [6.07, 6.45) is 2.72. The maximum Gasteiger partial charge on any atom is 0.147 e. The molecule has 5 heteroatoms. The number of hydrogen-bond acceptors (Lipinski definition) is 4. The van der Waals surface area contributed by atoms with Crippen molar-refractivity contribution < 1.29 is 0 Å². The van der Waals surface area contributed by atoms with E-state index in [-0.39, 0.29) is 6.04 Å². The highest BCUT2D eigenvalue weighted by Crippen LogP contribution is 2.10. The zero-order chi connectivity index (χ0) is 13.1. The first-order chi connectivity index (χ1) is 9.31. The number of hydrogen-bond donors (Lipinski definition) is 1. The summed E-state index contributed by atoms with van der Waals surface area (Å²) in [6.45, 7) is 3.73. The molecule has 1 atom stereocenters. The third-order valence-corrected chi connectivity index (χ3v) is 3.55. The van der Waals surface area contributed by atoms with Gasteiger partial charge in [0, 0.05) is 25.7 Å². The lowest BCUT2D eigenvalue weighted by Crippen LogP contribution is -2.42. The number of benzene rings is 1. The van der Waals surface area contributed by atoms with Crippen molar-refractivity contribution in [3.05, 3.63) is 48.0 Å². The van der Waals surface area contributed by atoms with Gasteiger partial charge in [0.1, 0.15) is 12.2 Å². The Kier molecular flexibility index (Phi) is 3.57. The van der Waals surface area contributed by atoms with E-state index in [0.29, 0.717) is 0 Å². The summed E-state index contributed by atoms with van der Waals surface area (Å²) < 4.78 is 2.11. The van der Waals surface area contributed by atoms with Crippen LogP contribution in [-0.2, 0) is 19.5 Å². The summed E-state index contributed by atoms with van der Waals surface area (Å²) in [5.74, 6) is 1.04. The molecular formula is C14H19N5. The van der Waals surface area contributed by atoms with Crippen LogP contribution in [0.4, 0.5) is 0 Å². The van der Waals surface area contributed by atoms with E-state index in [1.807, 2.05) is 6.07 Å². The normalized spacial score (nSPS) is 17.1. The van der Waals surface area contributed by atoms with E-state index in [4.69, 9.17) is 5.73 Å². The molecule has 5 nitrogen and oxygen atoms in total. The predicted octanol–water partition coefficient (Wildman–Crippen LogP) is 0.664. The van der Waals surface area contributed by atoms with Crippen molar-refractivity contribution in [2.24, 2.45) is 5.73 Å². The molecule has 0 saturated heterocycles. The summed E-state index contributed by atoms with van der Waals surface area (Å²) in [7, 11) is 0. The summed E-state index contributed by atoms with van der Waals surface area (Å²) in [5.41, 5.74) is 7.55. The van der Waals surface area contributed by atoms with Crippen LogP contribution in [0.3, 0.4) is 0 Å². The molecule has 2 N–H and O–H groups in total. The average Bonchev–Trinajstić information content (AvgIpc) is 2.87. The largest absolute Gasteiger partial charge is 0.326 e. The summed E-state index contributed by atoms with van der Waals surface area (Å²) >= 11 is 0. The van der Waals surface area contributed by atoms with Crippen LogP contribution >= 0.6 is 0 Å². The van der Waals surface area contributed by atoms with E-state index in [0.717, 1.165) is 38.4 Å². The van der Waals surface area contributed by atoms with Crippen molar-refractivity contribution >= 4 is 0 Å². The van der Waals surface area contributed by atoms with Crippen molar-refractivity contribution in [1.82, 2.24) is 19.7 Å². The van der Waals surface area contributed by atoms with Crippen LogP contribution in [0.15, 0.2) is 36.7 Å². The van der Waals surface area contributed by atoms with Crippen molar-refractivity contribution in [1.29, 1.82) is 0 Å². The minimum absolute atomic E-state index is 0.164. The third kappa shape index (κ3) is 3.00. The van der Waals surface area contributed by atoms with Gasteiger partial charge in [-0.25, -0.2) is 0 Å². The average molecular weight is 257 g/mol. The molecule has 0 amide bonds. The Hall–Kier alpha value is -1.72. The molecule has 1 aliphatic rings. The maximum atomic E-state index is 6.25. The van der Waals surface area contributed by atoms with Gasteiger partial charge in [0.15, 0.2) is 0 Å². The Bertz CT molecular complexity index is 522. The second-order valence-electron chi connectivity index (χ2n) is 5.13. The first kappa shape index (κ1) is 12.3. The SMILES string of the molecule is NC(Cc1ccccc1)CN1CCn2cnnc2C1. The molecule has 1 aromatic carbocycles. The Morgan fingerprint density at radius 1 is 1.21 bits per heavy atom. The lowest BCUT2D eigenvalue weighted by molar-refractivity contribution is 0.204. The van der Waals surface area contributed by atoms with Gasteiger partial charge >= 0.3 is 0 Å². The van der Waals surface area contributed by atoms with Crippen LogP contribution in [0.25, 0.3) is 0 Å². The molecule has 0 saturated carbocycles. The number of nitrogens with two attached hydrogens (primary N) is 1. The fraction of sp³-hybridized carbons (Fsp3) is 0.429. The van der Waals surface area contributed by atoms with Gasteiger partial charge in [-0.15, -0.1) is 10.2 Å². The molecule has 2 heterocycles. The summed E-state index contributed by atoms with van der Waals surface area (Å²) in [6, 6.07) is 10.6. The van der Waals surface area contributed by atoms with Gasteiger partial charge in [0.25, 0.3) is 0 Å². The Balaban J connectivity index is 1.55. The van der Waals surface area contributed by atoms with Gasteiger partial charge < -0.3 is 10.3 Å². The predicted molar refractivity (Wildman–Crippen MR) is 73.4 cm³/mol. The van der Waals surface area contributed by atoms with E-state index in [9.17, 15) is 0 Å². The highest BCUT2D eigenvalue weighted by atomic mass is 15.3. The molecule has 19 heavy (non-hydrogen) atoms. The van der Waals surface area contributed by atoms with E-state index < -0.39 is 0 Å². The number of fused-ring (bicyclic) bond motifs is 1. The van der Waals surface area contributed by atoms with Crippen molar-refractivity contribution in [3.8, 4) is 0 Å². The fourth-order valence-corrected chi connectivity index (χ4v) is 2.59. The summed E-state index contributed by atoms with van der Waals surface area (Å²) in [4.78, 5) is 2.36. The minimum Gasteiger partial charge on any atom is -0.326 e. The minimum atomic E-state index is 0.164. The molecule has 2 aromatic rings. The Morgan fingerprint density at radius 3 is 2.89 bits per heavy atom. The molecule has 1 unspecified atom stereocenters. The van der Waals surface area contributed by atoms with Gasteiger partial charge in [-0.2, -0.15) is 0 Å². The molecule has 1 aliphatic heterocycles. The smallest absolute Gasteiger partial charge is 0.147 e. The van der Waals surface area contributed by atoms with Crippen LogP contribution in [0, 0.1) is 0 Å². The monoisotopic (exact) mass is 257 g/mol. The highest BCUT2D eigenvalue weighted by molar-refractivity contribution is 5.15. The van der Waals surface area contributed by atoms with E-state index >= 15 is 0 Å².